The first-order valence-corrected chi connectivity index (χ1v) is 4.46. The zero-order valence-corrected chi connectivity index (χ0v) is 8.27. The number of Topliss-reactive ketones (excluding diaryl/α,β-unsaturated/α-hetero) is 1. The maximum Gasteiger partial charge on any atom is 0.320 e. The molecule has 16 heavy (non-hydrogen) atoms. The molecule has 84 valence electrons. The highest BCUT2D eigenvalue weighted by molar-refractivity contribution is 6.54. The molecule has 0 saturated heterocycles. The number of allylic oxidation sites excluding steroid dienone is 4. The second kappa shape index (κ2) is 4.63. The molecule has 1 atom stereocenters. The lowest BCUT2D eigenvalue weighted by atomic mass is 9.94. The van der Waals surface area contributed by atoms with Gasteiger partial charge in [-0.3, -0.25) is 19.8 Å². The molecule has 0 aromatic rings. The largest absolute Gasteiger partial charge is 0.480 e. The van der Waals surface area contributed by atoms with Crippen LogP contribution in [0.5, 0.6) is 0 Å². The third-order valence-corrected chi connectivity index (χ3v) is 2.05. The third kappa shape index (κ3) is 2.48. The third-order valence-electron chi connectivity index (χ3n) is 2.05. The maximum absolute atomic E-state index is 11.5. The van der Waals surface area contributed by atoms with Crippen LogP contribution >= 0.6 is 0 Å². The van der Waals surface area contributed by atoms with Crippen LogP contribution in [0.15, 0.2) is 23.8 Å². The Morgan fingerprint density at radius 3 is 2.69 bits per heavy atom. The summed E-state index contributed by atoms with van der Waals surface area (Å²) in [6, 6.07) is -1.32. The molecule has 1 aliphatic carbocycles. The van der Waals surface area contributed by atoms with Crippen LogP contribution in [-0.4, -0.2) is 34.4 Å². The first-order chi connectivity index (χ1) is 7.43. The Hall–Kier alpha value is -2.08. The lowest BCUT2D eigenvalue weighted by molar-refractivity contribution is -0.139. The monoisotopic (exact) mass is 222 g/mol. The molecule has 0 aromatic heterocycles. The van der Waals surface area contributed by atoms with E-state index in [1.165, 1.54) is 12.2 Å². The average molecular weight is 222 g/mol. The van der Waals surface area contributed by atoms with Crippen molar-refractivity contribution in [3.05, 3.63) is 23.8 Å². The molecule has 6 heteroatoms. The molecule has 0 aromatic carbocycles. The zero-order valence-electron chi connectivity index (χ0n) is 8.27. The zero-order chi connectivity index (χ0) is 12.3. The smallest absolute Gasteiger partial charge is 0.320 e. The summed E-state index contributed by atoms with van der Waals surface area (Å²) in [4.78, 5) is 33.0. The van der Waals surface area contributed by atoms with Crippen molar-refractivity contribution in [2.75, 3.05) is 0 Å². The number of carbonyl (C=O) groups is 3. The second-order valence-corrected chi connectivity index (χ2v) is 3.25. The number of hydrogen-bond acceptors (Lipinski definition) is 5. The molecule has 0 unspecified atom stereocenters. The highest BCUT2D eigenvalue weighted by atomic mass is 16.4. The van der Waals surface area contributed by atoms with E-state index in [1.807, 2.05) is 0 Å². The van der Waals surface area contributed by atoms with Crippen molar-refractivity contribution in [2.24, 2.45) is 5.73 Å². The fourth-order valence-corrected chi connectivity index (χ4v) is 1.16. The van der Waals surface area contributed by atoms with Crippen LogP contribution in [0, 0.1) is 5.41 Å². The molecular weight excluding hydrogens is 212 g/mol. The minimum Gasteiger partial charge on any atom is -0.480 e. The molecule has 0 spiro atoms. The molecule has 0 radical (unpaired) electrons. The summed E-state index contributed by atoms with van der Waals surface area (Å²) >= 11 is 0. The number of nitrogens with one attached hydrogen (secondary N) is 1. The fraction of sp³-hybridized carbons (Fsp3) is 0.200. The van der Waals surface area contributed by atoms with E-state index in [1.54, 1.807) is 0 Å². The van der Waals surface area contributed by atoms with Crippen LogP contribution < -0.4 is 5.73 Å². The molecule has 0 aliphatic heterocycles. The Morgan fingerprint density at radius 1 is 1.50 bits per heavy atom. The molecule has 0 amide bonds. The van der Waals surface area contributed by atoms with Gasteiger partial charge < -0.3 is 10.8 Å². The predicted molar refractivity (Wildman–Crippen MR) is 55.2 cm³/mol. The van der Waals surface area contributed by atoms with Crippen LogP contribution in [0.2, 0.25) is 0 Å². The number of carbonyl (C=O) groups excluding carboxylic acids is 2. The number of carboxylic acid groups (broad SMARTS) is 1. The Bertz CT molecular complexity index is 434. The van der Waals surface area contributed by atoms with Crippen LogP contribution in [0.1, 0.15) is 6.42 Å². The number of rotatable bonds is 4. The van der Waals surface area contributed by atoms with Gasteiger partial charge in [0.1, 0.15) is 11.8 Å². The SMILES string of the molecule is N=C1C(=O)C=CC=C1C(=O)C[C@H](N)C(=O)O. The van der Waals surface area contributed by atoms with E-state index in [0.29, 0.717) is 0 Å². The van der Waals surface area contributed by atoms with Crippen LogP contribution in [0.3, 0.4) is 0 Å². The lowest BCUT2D eigenvalue weighted by Crippen LogP contribution is -2.34. The van der Waals surface area contributed by atoms with Crippen molar-refractivity contribution in [1.82, 2.24) is 0 Å². The quantitative estimate of drug-likeness (QED) is 0.550. The average Bonchev–Trinajstić information content (AvgIpc) is 2.21. The van der Waals surface area contributed by atoms with E-state index in [0.717, 1.165) is 6.08 Å². The van der Waals surface area contributed by atoms with Gasteiger partial charge in [0.2, 0.25) is 5.78 Å². The molecule has 0 heterocycles. The fourth-order valence-electron chi connectivity index (χ4n) is 1.16. The Kier molecular flexibility index (Phi) is 3.47. The number of aliphatic carboxylic acids is 1. The van der Waals surface area contributed by atoms with Crippen molar-refractivity contribution in [1.29, 1.82) is 5.41 Å². The van der Waals surface area contributed by atoms with Crippen LogP contribution in [0.4, 0.5) is 0 Å². The summed E-state index contributed by atoms with van der Waals surface area (Å²) in [5, 5.41) is 15.9. The number of hydrogen-bond donors (Lipinski definition) is 3. The van der Waals surface area contributed by atoms with Gasteiger partial charge in [-0.25, -0.2) is 0 Å². The molecule has 0 fully saturated rings. The summed E-state index contributed by atoms with van der Waals surface area (Å²) < 4.78 is 0. The standard InChI is InChI=1S/C10H10N2O4/c11-6(10(15)16)4-8(14)5-2-1-3-7(13)9(5)12/h1-3,6,12H,4,11H2,(H,15,16)/t6-/m0/s1. The van der Waals surface area contributed by atoms with Crippen LogP contribution in [0.25, 0.3) is 0 Å². The normalized spacial score (nSPS) is 16.9. The van der Waals surface area contributed by atoms with E-state index in [2.05, 4.69) is 0 Å². The topological polar surface area (TPSA) is 121 Å². The second-order valence-electron chi connectivity index (χ2n) is 3.25. The molecule has 6 nitrogen and oxygen atoms in total. The molecule has 4 N–H and O–H groups in total. The van der Waals surface area contributed by atoms with Gasteiger partial charge in [0.05, 0.1) is 0 Å². The number of ketones is 2. The van der Waals surface area contributed by atoms with Gasteiger partial charge in [-0.1, -0.05) is 6.08 Å². The number of carboxylic acids is 1. The van der Waals surface area contributed by atoms with E-state index in [-0.39, 0.29) is 5.57 Å². The van der Waals surface area contributed by atoms with E-state index in [4.69, 9.17) is 16.2 Å². The lowest BCUT2D eigenvalue weighted by Gasteiger charge is -2.10. The first kappa shape index (κ1) is 12.0. The highest BCUT2D eigenvalue weighted by Gasteiger charge is 2.24. The Morgan fingerprint density at radius 2 is 2.12 bits per heavy atom. The number of nitrogens with two attached hydrogens (primary N) is 1. The predicted octanol–water partition coefficient (Wildman–Crippen LogP) is -0.557. The summed E-state index contributed by atoms with van der Waals surface area (Å²) in [7, 11) is 0. The van der Waals surface area contributed by atoms with E-state index in [9.17, 15) is 14.4 Å². The summed E-state index contributed by atoms with van der Waals surface area (Å²) in [5.41, 5.74) is 4.66. The van der Waals surface area contributed by atoms with Gasteiger partial charge in [0.25, 0.3) is 0 Å². The van der Waals surface area contributed by atoms with Crippen molar-refractivity contribution >= 4 is 23.2 Å². The minimum absolute atomic E-state index is 0.0933. The minimum atomic E-state index is -1.32. The molecule has 1 aliphatic rings. The maximum atomic E-state index is 11.5. The van der Waals surface area contributed by atoms with Gasteiger partial charge in [0, 0.05) is 12.0 Å². The summed E-state index contributed by atoms with van der Waals surface area (Å²) in [6.07, 6.45) is 3.39. The summed E-state index contributed by atoms with van der Waals surface area (Å²) in [5.74, 6) is -2.48. The Labute approximate surface area is 90.9 Å². The highest BCUT2D eigenvalue weighted by Crippen LogP contribution is 2.10. The van der Waals surface area contributed by atoms with Gasteiger partial charge in [-0.2, -0.15) is 0 Å². The van der Waals surface area contributed by atoms with Gasteiger partial charge in [-0.05, 0) is 12.2 Å². The molecule has 1 rings (SSSR count). The van der Waals surface area contributed by atoms with Gasteiger partial charge in [-0.15, -0.1) is 0 Å². The van der Waals surface area contributed by atoms with Crippen molar-refractivity contribution < 1.29 is 19.5 Å². The Balaban J connectivity index is 2.79. The van der Waals surface area contributed by atoms with Crippen molar-refractivity contribution in [3.8, 4) is 0 Å². The van der Waals surface area contributed by atoms with E-state index < -0.39 is 35.7 Å². The molecular formula is C10H10N2O4. The van der Waals surface area contributed by atoms with Crippen molar-refractivity contribution in [3.63, 3.8) is 0 Å². The van der Waals surface area contributed by atoms with Gasteiger partial charge in [0.15, 0.2) is 5.78 Å². The molecule has 0 saturated carbocycles. The molecule has 0 bridgehead atoms. The van der Waals surface area contributed by atoms with Crippen LogP contribution in [-0.2, 0) is 14.4 Å². The van der Waals surface area contributed by atoms with Gasteiger partial charge >= 0.3 is 5.97 Å². The van der Waals surface area contributed by atoms with Crippen molar-refractivity contribution in [2.45, 2.75) is 12.5 Å². The van der Waals surface area contributed by atoms with E-state index >= 15 is 0 Å². The first-order valence-electron chi connectivity index (χ1n) is 4.46. The summed E-state index contributed by atoms with van der Waals surface area (Å²) in [6.45, 7) is 0.